The van der Waals surface area contributed by atoms with Gasteiger partial charge in [0, 0.05) is 6.61 Å². The van der Waals surface area contributed by atoms with Crippen LogP contribution in [0.1, 0.15) is 30.1 Å². The molecule has 0 aromatic heterocycles. The first-order valence-corrected chi connectivity index (χ1v) is 6.31. The van der Waals surface area contributed by atoms with Gasteiger partial charge in [-0.2, -0.15) is 0 Å². The van der Waals surface area contributed by atoms with Gasteiger partial charge in [0.2, 0.25) is 0 Å². The second-order valence-corrected chi connectivity index (χ2v) is 5.05. The Morgan fingerprint density at radius 1 is 1.53 bits per heavy atom. The Morgan fingerprint density at radius 3 is 2.95 bits per heavy atom. The van der Waals surface area contributed by atoms with Gasteiger partial charge in [0.15, 0.2) is 0 Å². The summed E-state index contributed by atoms with van der Waals surface area (Å²) >= 11 is 0. The van der Waals surface area contributed by atoms with Crippen molar-refractivity contribution in [1.29, 1.82) is 0 Å². The Labute approximate surface area is 112 Å². The van der Waals surface area contributed by atoms with Gasteiger partial charge in [0.25, 0.3) is 5.91 Å². The molecule has 0 bridgehead atoms. The summed E-state index contributed by atoms with van der Waals surface area (Å²) in [4.78, 5) is 12.2. The molecule has 5 heteroatoms. The van der Waals surface area contributed by atoms with E-state index >= 15 is 0 Å². The van der Waals surface area contributed by atoms with Crippen LogP contribution in [0.15, 0.2) is 18.2 Å². The monoisotopic (exact) mass is 265 g/mol. The molecule has 0 saturated carbocycles. The Balaban J connectivity index is 2.15. The molecular weight excluding hydrogens is 246 g/mol. The van der Waals surface area contributed by atoms with E-state index in [1.165, 1.54) is 19.2 Å². The maximum absolute atomic E-state index is 12.2. The van der Waals surface area contributed by atoms with E-state index < -0.39 is 0 Å². The van der Waals surface area contributed by atoms with Gasteiger partial charge in [-0.15, -0.1) is 0 Å². The zero-order valence-corrected chi connectivity index (χ0v) is 11.2. The van der Waals surface area contributed by atoms with Crippen LogP contribution in [0.2, 0.25) is 0 Å². The SMILES string of the molecule is COc1ccc(O)c(C(=O)NC2(C)CCCOC2)c1. The number of rotatable bonds is 3. The third-order valence-corrected chi connectivity index (χ3v) is 3.30. The van der Waals surface area contributed by atoms with Crippen LogP contribution >= 0.6 is 0 Å². The van der Waals surface area contributed by atoms with E-state index in [0.29, 0.717) is 12.4 Å². The van der Waals surface area contributed by atoms with E-state index in [-0.39, 0.29) is 22.8 Å². The molecule has 1 saturated heterocycles. The molecule has 104 valence electrons. The zero-order chi connectivity index (χ0) is 13.9. The topological polar surface area (TPSA) is 67.8 Å². The molecule has 1 aromatic carbocycles. The fraction of sp³-hybridized carbons (Fsp3) is 0.500. The van der Waals surface area contributed by atoms with Gasteiger partial charge < -0.3 is 19.9 Å². The van der Waals surface area contributed by atoms with Crippen molar-refractivity contribution in [2.24, 2.45) is 0 Å². The van der Waals surface area contributed by atoms with Crippen LogP contribution in [-0.2, 0) is 4.74 Å². The molecule has 1 aliphatic heterocycles. The van der Waals surface area contributed by atoms with Crippen LogP contribution in [0, 0.1) is 0 Å². The summed E-state index contributed by atoms with van der Waals surface area (Å²) < 4.78 is 10.5. The first kappa shape index (κ1) is 13.7. The number of ether oxygens (including phenoxy) is 2. The Morgan fingerprint density at radius 2 is 2.32 bits per heavy atom. The summed E-state index contributed by atoms with van der Waals surface area (Å²) in [6, 6.07) is 4.59. The number of amides is 1. The number of hydrogen-bond donors (Lipinski definition) is 2. The number of aromatic hydroxyl groups is 1. The highest BCUT2D eigenvalue weighted by Gasteiger charge is 2.30. The molecule has 19 heavy (non-hydrogen) atoms. The number of phenolic OH excluding ortho intramolecular Hbond substituents is 1. The Kier molecular flexibility index (Phi) is 3.95. The summed E-state index contributed by atoms with van der Waals surface area (Å²) in [7, 11) is 1.52. The molecular formula is C14H19NO4. The maximum Gasteiger partial charge on any atom is 0.255 e. The van der Waals surface area contributed by atoms with Gasteiger partial charge in [-0.05, 0) is 38.0 Å². The molecule has 1 fully saturated rings. The molecule has 1 aliphatic rings. The van der Waals surface area contributed by atoms with Gasteiger partial charge >= 0.3 is 0 Å². The number of nitrogens with one attached hydrogen (secondary N) is 1. The van der Waals surface area contributed by atoms with Crippen molar-refractivity contribution in [2.75, 3.05) is 20.3 Å². The number of phenols is 1. The van der Waals surface area contributed by atoms with E-state index in [2.05, 4.69) is 5.32 Å². The van der Waals surface area contributed by atoms with E-state index in [4.69, 9.17) is 9.47 Å². The van der Waals surface area contributed by atoms with Crippen molar-refractivity contribution >= 4 is 5.91 Å². The quantitative estimate of drug-likeness (QED) is 0.873. The zero-order valence-electron chi connectivity index (χ0n) is 11.2. The minimum atomic E-state index is -0.384. The molecule has 0 aliphatic carbocycles. The van der Waals surface area contributed by atoms with Crippen molar-refractivity contribution in [3.8, 4) is 11.5 Å². The number of benzene rings is 1. The second-order valence-electron chi connectivity index (χ2n) is 5.05. The Bertz CT molecular complexity index is 467. The number of carbonyl (C=O) groups excluding carboxylic acids is 1. The van der Waals surface area contributed by atoms with Gasteiger partial charge in [-0.3, -0.25) is 4.79 Å². The van der Waals surface area contributed by atoms with Gasteiger partial charge in [0.05, 0.1) is 24.8 Å². The molecule has 1 heterocycles. The van der Waals surface area contributed by atoms with Crippen molar-refractivity contribution in [1.82, 2.24) is 5.32 Å². The lowest BCUT2D eigenvalue weighted by molar-refractivity contribution is 0.0272. The molecule has 1 aromatic rings. The largest absolute Gasteiger partial charge is 0.507 e. The number of methoxy groups -OCH3 is 1. The first-order chi connectivity index (χ1) is 9.04. The van der Waals surface area contributed by atoms with Crippen molar-refractivity contribution < 1.29 is 19.4 Å². The predicted molar refractivity (Wildman–Crippen MR) is 70.6 cm³/mol. The maximum atomic E-state index is 12.2. The molecule has 1 unspecified atom stereocenters. The summed E-state index contributed by atoms with van der Waals surface area (Å²) in [5.41, 5.74) is -0.170. The van der Waals surface area contributed by atoms with E-state index in [9.17, 15) is 9.90 Å². The molecule has 0 spiro atoms. The smallest absolute Gasteiger partial charge is 0.255 e. The minimum Gasteiger partial charge on any atom is -0.507 e. The van der Waals surface area contributed by atoms with Gasteiger partial charge in [-0.25, -0.2) is 0 Å². The molecule has 5 nitrogen and oxygen atoms in total. The minimum absolute atomic E-state index is 0.0568. The van der Waals surface area contributed by atoms with Crippen molar-refractivity contribution in [2.45, 2.75) is 25.3 Å². The Hall–Kier alpha value is -1.75. The summed E-state index contributed by atoms with van der Waals surface area (Å²) in [6.45, 7) is 3.17. The standard InChI is InChI=1S/C14H19NO4/c1-14(6-3-7-19-9-14)15-13(17)11-8-10(18-2)4-5-12(11)16/h4-5,8,16H,3,6-7,9H2,1-2H3,(H,15,17). The lowest BCUT2D eigenvalue weighted by Gasteiger charge is -2.34. The van der Waals surface area contributed by atoms with Gasteiger partial charge in [-0.1, -0.05) is 0 Å². The molecule has 1 atom stereocenters. The number of hydrogen-bond acceptors (Lipinski definition) is 4. The number of carbonyl (C=O) groups is 1. The van der Waals surface area contributed by atoms with Crippen molar-refractivity contribution in [3.05, 3.63) is 23.8 Å². The van der Waals surface area contributed by atoms with E-state index in [1.54, 1.807) is 6.07 Å². The van der Waals surface area contributed by atoms with Gasteiger partial charge in [0.1, 0.15) is 11.5 Å². The summed E-state index contributed by atoms with van der Waals surface area (Å²) in [6.07, 6.45) is 1.78. The van der Waals surface area contributed by atoms with Crippen molar-refractivity contribution in [3.63, 3.8) is 0 Å². The average molecular weight is 265 g/mol. The average Bonchev–Trinajstić information content (AvgIpc) is 2.39. The van der Waals surface area contributed by atoms with Crippen LogP contribution in [-0.4, -0.2) is 36.9 Å². The van der Waals surface area contributed by atoms with Crippen LogP contribution in [0.5, 0.6) is 11.5 Å². The highest BCUT2D eigenvalue weighted by Crippen LogP contribution is 2.25. The highest BCUT2D eigenvalue weighted by atomic mass is 16.5. The molecule has 0 radical (unpaired) electrons. The normalized spacial score (nSPS) is 22.8. The predicted octanol–water partition coefficient (Wildman–Crippen LogP) is 1.70. The fourth-order valence-electron chi connectivity index (χ4n) is 2.20. The first-order valence-electron chi connectivity index (χ1n) is 6.31. The molecule has 2 rings (SSSR count). The molecule has 2 N–H and O–H groups in total. The van der Waals surface area contributed by atoms with Crippen LogP contribution in [0.4, 0.5) is 0 Å². The molecule has 1 amide bonds. The highest BCUT2D eigenvalue weighted by molar-refractivity contribution is 5.97. The van der Waals surface area contributed by atoms with E-state index in [0.717, 1.165) is 19.4 Å². The third kappa shape index (κ3) is 3.17. The van der Waals surface area contributed by atoms with E-state index in [1.807, 2.05) is 6.92 Å². The lowest BCUT2D eigenvalue weighted by atomic mass is 9.94. The van der Waals surface area contributed by atoms with Crippen LogP contribution < -0.4 is 10.1 Å². The van der Waals surface area contributed by atoms with Crippen LogP contribution in [0.25, 0.3) is 0 Å². The lowest BCUT2D eigenvalue weighted by Crippen LogP contribution is -2.51. The third-order valence-electron chi connectivity index (χ3n) is 3.30. The van der Waals surface area contributed by atoms with Crippen LogP contribution in [0.3, 0.4) is 0 Å². The summed E-state index contributed by atoms with van der Waals surface area (Å²) in [5.74, 6) is 0.163. The fourth-order valence-corrected chi connectivity index (χ4v) is 2.20. The second kappa shape index (κ2) is 5.48. The summed E-state index contributed by atoms with van der Waals surface area (Å²) in [5, 5.41) is 12.7.